The molecule has 0 bridgehead atoms. The van der Waals surface area contributed by atoms with Crippen LogP contribution in [0.15, 0.2) is 0 Å². The van der Waals surface area contributed by atoms with Gasteiger partial charge < -0.3 is 89.7 Å². The molecule has 69 heavy (non-hydrogen) atoms. The van der Waals surface area contributed by atoms with Crippen molar-refractivity contribution in [2.75, 3.05) is 12.0 Å². The molecule has 0 radical (unpaired) electrons. The van der Waals surface area contributed by atoms with Crippen molar-refractivity contribution in [3.8, 4) is 0 Å². The van der Waals surface area contributed by atoms with E-state index in [0.717, 1.165) is 20.8 Å². The zero-order valence-electron chi connectivity index (χ0n) is 37.4. The van der Waals surface area contributed by atoms with Gasteiger partial charge >= 0.3 is 29.8 Å². The molecule has 11 atom stereocenters. The summed E-state index contributed by atoms with van der Waals surface area (Å²) in [7, 11) is 0. The standard InChI is InChI=1S/C37H58N10O21S/c1-13(29(59)46-27(14(2)48)36(66)42-18(37(67)68)7-8-69-4)40-31(61)17(5-6-23(51)52)41-35(65)28(15(3)49)47-34(64)21(12-26(57)58)45-32(62)19(10-22(39)50)44-33(63)20(11-25(55)56)43-30(60)16(38)9-24(53)54/h13-21,27-28,48-49H,5-12,38H2,1-4H3,(H2,39,50)(H,40,61)(H,41,65)(H,42,66)(H,43,60)(H,44,63)(H,45,62)(H,46,59)(H,47,64)(H,51,52)(H,53,54)(H,55,56)(H,57,58)(H,67,68)/t13-,14+,15+,16-,17-,18-,19-,20-,21-,27-,28-/m0/s1. The predicted octanol–water partition coefficient (Wildman–Crippen LogP) is -8.02. The lowest BCUT2D eigenvalue weighted by atomic mass is 10.1. The van der Waals surface area contributed by atoms with Gasteiger partial charge in [0.25, 0.3) is 0 Å². The third-order valence-corrected chi connectivity index (χ3v) is 9.82. The Bertz CT molecular complexity index is 1940. The first-order valence-corrected chi connectivity index (χ1v) is 21.7. The lowest BCUT2D eigenvalue weighted by Crippen LogP contribution is -2.62. The van der Waals surface area contributed by atoms with Crippen LogP contribution in [0.5, 0.6) is 0 Å². The molecule has 0 heterocycles. The topological polar surface area (TPSA) is 529 Å². The number of nitrogens with one attached hydrogen (secondary N) is 8. The third-order valence-electron chi connectivity index (χ3n) is 9.18. The highest BCUT2D eigenvalue weighted by Crippen LogP contribution is 2.07. The molecule has 31 nitrogen and oxygen atoms in total. The van der Waals surface area contributed by atoms with E-state index in [1.165, 1.54) is 11.8 Å². The van der Waals surface area contributed by atoms with Gasteiger partial charge in [0, 0.05) is 6.42 Å². The monoisotopic (exact) mass is 1010 g/mol. The molecule has 0 aliphatic heterocycles. The Morgan fingerprint density at radius 3 is 1.22 bits per heavy atom. The maximum atomic E-state index is 13.5. The van der Waals surface area contributed by atoms with Crippen LogP contribution in [0.25, 0.3) is 0 Å². The highest BCUT2D eigenvalue weighted by molar-refractivity contribution is 7.98. The van der Waals surface area contributed by atoms with Crippen LogP contribution < -0.4 is 54.0 Å². The summed E-state index contributed by atoms with van der Waals surface area (Å²) in [6.45, 7) is 3.09. The molecule has 9 amide bonds. The largest absolute Gasteiger partial charge is 0.481 e. The summed E-state index contributed by atoms with van der Waals surface area (Å²) in [5.41, 5.74) is 10.6. The van der Waals surface area contributed by atoms with Crippen molar-refractivity contribution in [1.82, 2.24) is 42.5 Å². The fraction of sp³-hybridized carbons (Fsp3) is 0.622. The van der Waals surface area contributed by atoms with E-state index in [9.17, 15) is 97.8 Å². The van der Waals surface area contributed by atoms with Crippen molar-refractivity contribution in [2.24, 2.45) is 11.5 Å². The summed E-state index contributed by atoms with van der Waals surface area (Å²) in [6.07, 6.45) is -7.92. The molecule has 0 aromatic rings. The van der Waals surface area contributed by atoms with Gasteiger partial charge in [0.15, 0.2) is 0 Å². The number of rotatable bonds is 33. The number of carbonyl (C=O) groups excluding carboxylic acids is 9. The molecule has 0 saturated heterocycles. The number of carbonyl (C=O) groups is 14. The molecular formula is C37H58N10O21S. The van der Waals surface area contributed by atoms with E-state index in [4.69, 9.17) is 16.6 Å². The number of primary amides is 1. The Morgan fingerprint density at radius 1 is 0.449 bits per heavy atom. The van der Waals surface area contributed by atoms with Gasteiger partial charge in [-0.2, -0.15) is 11.8 Å². The molecule has 0 saturated carbocycles. The second-order valence-electron chi connectivity index (χ2n) is 15.1. The first-order valence-electron chi connectivity index (χ1n) is 20.3. The molecule has 19 N–H and O–H groups in total. The minimum absolute atomic E-state index is 0.0150. The number of carboxylic acid groups (broad SMARTS) is 5. The van der Waals surface area contributed by atoms with E-state index in [-0.39, 0.29) is 6.42 Å². The summed E-state index contributed by atoms with van der Waals surface area (Å²) >= 11 is 1.29. The van der Waals surface area contributed by atoms with E-state index in [1.54, 1.807) is 6.26 Å². The molecule has 0 fully saturated rings. The number of carboxylic acids is 5. The van der Waals surface area contributed by atoms with E-state index in [2.05, 4.69) is 21.3 Å². The smallest absolute Gasteiger partial charge is 0.326 e. The minimum atomic E-state index is -2.23. The molecule has 0 aliphatic carbocycles. The van der Waals surface area contributed by atoms with E-state index < -0.39 is 188 Å². The number of aliphatic hydroxyl groups excluding tert-OH is 2. The highest BCUT2D eigenvalue weighted by Gasteiger charge is 2.37. The van der Waals surface area contributed by atoms with Crippen molar-refractivity contribution in [3.05, 3.63) is 0 Å². The summed E-state index contributed by atoms with van der Waals surface area (Å²) < 4.78 is 0. The van der Waals surface area contributed by atoms with Crippen LogP contribution in [-0.2, 0) is 67.1 Å². The number of nitrogens with two attached hydrogens (primary N) is 2. The van der Waals surface area contributed by atoms with E-state index in [0.29, 0.717) is 5.75 Å². The first kappa shape index (κ1) is 61.8. The van der Waals surface area contributed by atoms with Gasteiger partial charge in [-0.15, -0.1) is 0 Å². The van der Waals surface area contributed by atoms with Crippen LogP contribution in [0, 0.1) is 0 Å². The number of aliphatic hydroxyl groups is 2. The average Bonchev–Trinajstić information content (AvgIpc) is 3.22. The normalized spacial score (nSPS) is 15.6. The van der Waals surface area contributed by atoms with Gasteiger partial charge in [-0.1, -0.05) is 0 Å². The number of aliphatic carboxylic acids is 5. The molecule has 0 aliphatic rings. The maximum Gasteiger partial charge on any atom is 0.326 e. The van der Waals surface area contributed by atoms with Crippen molar-refractivity contribution < 1.29 is 103 Å². The fourth-order valence-corrected chi connectivity index (χ4v) is 6.03. The van der Waals surface area contributed by atoms with Gasteiger partial charge in [0.05, 0.1) is 43.9 Å². The Kier molecular flexibility index (Phi) is 27.1. The lowest BCUT2D eigenvalue weighted by Gasteiger charge is -2.28. The summed E-state index contributed by atoms with van der Waals surface area (Å²) in [5, 5.41) is 83.3. The van der Waals surface area contributed by atoms with Gasteiger partial charge in [-0.25, -0.2) is 4.79 Å². The molecule has 0 rings (SSSR count). The van der Waals surface area contributed by atoms with Crippen LogP contribution in [-0.4, -0.2) is 197 Å². The Hall–Kier alpha value is -7.19. The molecule has 388 valence electrons. The summed E-state index contributed by atoms with van der Waals surface area (Å²) in [5.74, 6) is -19.7. The molecular weight excluding hydrogens is 953 g/mol. The van der Waals surface area contributed by atoms with Gasteiger partial charge in [-0.05, 0) is 45.6 Å². The maximum absolute atomic E-state index is 13.5. The Labute approximate surface area is 395 Å². The van der Waals surface area contributed by atoms with Crippen molar-refractivity contribution in [3.63, 3.8) is 0 Å². The van der Waals surface area contributed by atoms with Gasteiger partial charge in [0.2, 0.25) is 53.2 Å². The molecule has 32 heteroatoms. The Balaban J connectivity index is 6.40. The third kappa shape index (κ3) is 23.9. The van der Waals surface area contributed by atoms with E-state index in [1.807, 2.05) is 21.3 Å². The summed E-state index contributed by atoms with van der Waals surface area (Å²) in [6, 6.07) is -17.0. The Morgan fingerprint density at radius 2 is 0.826 bits per heavy atom. The van der Waals surface area contributed by atoms with Gasteiger partial charge in [-0.3, -0.25) is 62.3 Å². The van der Waals surface area contributed by atoms with Crippen molar-refractivity contribution >= 4 is 94.8 Å². The molecule has 0 aromatic carbocycles. The quantitative estimate of drug-likeness (QED) is 0.0290. The number of hydrogen-bond donors (Lipinski definition) is 17. The second-order valence-corrected chi connectivity index (χ2v) is 16.1. The van der Waals surface area contributed by atoms with Crippen LogP contribution >= 0.6 is 11.8 Å². The van der Waals surface area contributed by atoms with Crippen molar-refractivity contribution in [1.29, 1.82) is 0 Å². The zero-order chi connectivity index (χ0) is 53.5. The van der Waals surface area contributed by atoms with Crippen LogP contribution in [0.1, 0.15) is 65.7 Å². The number of amides is 9. The van der Waals surface area contributed by atoms with Crippen molar-refractivity contribution in [2.45, 2.75) is 132 Å². The zero-order valence-corrected chi connectivity index (χ0v) is 38.2. The summed E-state index contributed by atoms with van der Waals surface area (Å²) in [4.78, 5) is 174. The molecule has 0 aromatic heterocycles. The van der Waals surface area contributed by atoms with E-state index >= 15 is 0 Å². The fourth-order valence-electron chi connectivity index (χ4n) is 5.56. The first-order chi connectivity index (χ1) is 31.9. The second kappa shape index (κ2) is 30.2. The predicted molar refractivity (Wildman–Crippen MR) is 231 cm³/mol. The minimum Gasteiger partial charge on any atom is -0.481 e. The molecule has 0 spiro atoms. The number of thioether (sulfide) groups is 1. The molecule has 0 unspecified atom stereocenters. The van der Waals surface area contributed by atoms with Crippen LogP contribution in [0.2, 0.25) is 0 Å². The number of hydrogen-bond acceptors (Lipinski definition) is 18. The van der Waals surface area contributed by atoms with Crippen LogP contribution in [0.4, 0.5) is 0 Å². The van der Waals surface area contributed by atoms with Gasteiger partial charge in [0.1, 0.15) is 48.3 Å². The lowest BCUT2D eigenvalue weighted by molar-refractivity contribution is -0.143. The SMILES string of the molecule is CSCC[C@H](NC(=O)[C@@H](NC(=O)[C@H](C)NC(=O)[C@H](CCC(=O)O)NC(=O)[C@@H](NC(=O)[C@H](CC(=O)O)NC(=O)[C@H](CC(N)=O)NC(=O)[C@H](CC(=O)O)NC(=O)[C@@H](N)CC(=O)O)[C@@H](C)O)[C@@H](C)O)C(=O)O. The van der Waals surface area contributed by atoms with Crippen LogP contribution in [0.3, 0.4) is 0 Å². The average molecular weight is 1010 g/mol. The highest BCUT2D eigenvalue weighted by atomic mass is 32.2.